The van der Waals surface area contributed by atoms with Gasteiger partial charge in [0.25, 0.3) is 0 Å². The quantitative estimate of drug-likeness (QED) is 0.687. The zero-order valence-electron chi connectivity index (χ0n) is 9.32. The number of nitrogens with two attached hydrogens (primary N) is 1. The van der Waals surface area contributed by atoms with Gasteiger partial charge in [-0.2, -0.15) is 0 Å². The molecule has 0 spiro atoms. The number of nitrogens with one attached hydrogen (secondary N) is 1. The zero-order valence-corrected chi connectivity index (χ0v) is 9.32. The van der Waals surface area contributed by atoms with E-state index in [1.807, 2.05) is 13.0 Å². The molecule has 0 fully saturated rings. The van der Waals surface area contributed by atoms with Crippen LogP contribution in [0.25, 0.3) is 0 Å². The SMILES string of the molecule is COCCC(N)CNCc1cc(C)no1. The Kier molecular flexibility index (Phi) is 5.31. The molecular weight excluding hydrogens is 194 g/mol. The third-order valence-electron chi connectivity index (χ3n) is 2.08. The van der Waals surface area contributed by atoms with Crippen LogP contribution in [0.3, 0.4) is 0 Å². The second-order valence-corrected chi connectivity index (χ2v) is 3.61. The molecule has 0 aliphatic carbocycles. The van der Waals surface area contributed by atoms with Gasteiger partial charge in [0.1, 0.15) is 0 Å². The van der Waals surface area contributed by atoms with Gasteiger partial charge in [0, 0.05) is 32.4 Å². The number of hydrogen-bond donors (Lipinski definition) is 2. The molecule has 3 N–H and O–H groups in total. The molecule has 0 aliphatic heterocycles. The highest BCUT2D eigenvalue weighted by Gasteiger charge is 2.03. The first-order chi connectivity index (χ1) is 7.22. The molecule has 0 aliphatic rings. The lowest BCUT2D eigenvalue weighted by Gasteiger charge is -2.10. The average Bonchev–Trinajstić information content (AvgIpc) is 2.61. The fourth-order valence-corrected chi connectivity index (χ4v) is 1.25. The van der Waals surface area contributed by atoms with Crippen LogP contribution in [0, 0.1) is 6.92 Å². The fraction of sp³-hybridized carbons (Fsp3) is 0.700. The Morgan fingerprint density at radius 2 is 2.47 bits per heavy atom. The van der Waals surface area contributed by atoms with Crippen LogP contribution in [0.15, 0.2) is 10.6 Å². The van der Waals surface area contributed by atoms with Gasteiger partial charge in [-0.1, -0.05) is 5.16 Å². The number of ether oxygens (including phenoxy) is 1. The Bertz CT molecular complexity index is 275. The van der Waals surface area contributed by atoms with Gasteiger partial charge < -0.3 is 20.3 Å². The van der Waals surface area contributed by atoms with Crippen LogP contribution in [0.1, 0.15) is 17.9 Å². The maximum absolute atomic E-state index is 5.84. The van der Waals surface area contributed by atoms with E-state index in [1.165, 1.54) is 0 Å². The van der Waals surface area contributed by atoms with Crippen molar-refractivity contribution in [3.8, 4) is 0 Å². The molecule has 1 unspecified atom stereocenters. The van der Waals surface area contributed by atoms with E-state index < -0.39 is 0 Å². The largest absolute Gasteiger partial charge is 0.385 e. The predicted molar refractivity (Wildman–Crippen MR) is 57.4 cm³/mol. The zero-order chi connectivity index (χ0) is 11.1. The van der Waals surface area contributed by atoms with Gasteiger partial charge in [0.15, 0.2) is 5.76 Å². The fourth-order valence-electron chi connectivity index (χ4n) is 1.25. The van der Waals surface area contributed by atoms with Crippen molar-refractivity contribution in [2.75, 3.05) is 20.3 Å². The maximum atomic E-state index is 5.84. The molecule has 0 saturated heterocycles. The number of nitrogens with zero attached hydrogens (tertiary/aromatic N) is 1. The smallest absolute Gasteiger partial charge is 0.150 e. The van der Waals surface area contributed by atoms with Gasteiger partial charge in [-0.25, -0.2) is 0 Å². The first-order valence-corrected chi connectivity index (χ1v) is 5.10. The number of rotatable bonds is 7. The summed E-state index contributed by atoms with van der Waals surface area (Å²) in [6, 6.07) is 2.03. The predicted octanol–water partition coefficient (Wildman–Crippen LogP) is 0.436. The molecule has 0 amide bonds. The molecule has 5 heteroatoms. The van der Waals surface area contributed by atoms with Gasteiger partial charge in [-0.05, 0) is 13.3 Å². The molecule has 0 saturated carbocycles. The number of aromatic nitrogens is 1. The Balaban J connectivity index is 2.10. The first-order valence-electron chi connectivity index (χ1n) is 5.10. The molecule has 1 rings (SSSR count). The van der Waals surface area contributed by atoms with Crippen molar-refractivity contribution >= 4 is 0 Å². The maximum Gasteiger partial charge on any atom is 0.150 e. The van der Waals surface area contributed by atoms with Crippen LogP contribution in [0.4, 0.5) is 0 Å². The van der Waals surface area contributed by atoms with E-state index in [4.69, 9.17) is 15.0 Å². The topological polar surface area (TPSA) is 73.3 Å². The Morgan fingerprint density at radius 3 is 3.07 bits per heavy atom. The summed E-state index contributed by atoms with van der Waals surface area (Å²) in [5, 5.41) is 7.01. The minimum atomic E-state index is 0.119. The van der Waals surface area contributed by atoms with Crippen molar-refractivity contribution in [3.63, 3.8) is 0 Å². The van der Waals surface area contributed by atoms with E-state index in [1.54, 1.807) is 7.11 Å². The van der Waals surface area contributed by atoms with E-state index in [9.17, 15) is 0 Å². The van der Waals surface area contributed by atoms with Crippen molar-refractivity contribution < 1.29 is 9.26 Å². The van der Waals surface area contributed by atoms with Crippen molar-refractivity contribution in [1.29, 1.82) is 0 Å². The summed E-state index contributed by atoms with van der Waals surface area (Å²) in [5.74, 6) is 0.839. The molecule has 1 aromatic rings. The summed E-state index contributed by atoms with van der Waals surface area (Å²) in [6.45, 7) is 4.02. The molecule has 5 nitrogen and oxygen atoms in total. The highest BCUT2D eigenvalue weighted by molar-refractivity contribution is 5.02. The summed E-state index contributed by atoms with van der Waals surface area (Å²) in [6.07, 6.45) is 0.860. The highest BCUT2D eigenvalue weighted by Crippen LogP contribution is 2.00. The van der Waals surface area contributed by atoms with Gasteiger partial charge in [0.2, 0.25) is 0 Å². The number of hydrogen-bond acceptors (Lipinski definition) is 5. The molecule has 15 heavy (non-hydrogen) atoms. The van der Waals surface area contributed by atoms with E-state index in [-0.39, 0.29) is 6.04 Å². The molecule has 0 bridgehead atoms. The number of aryl methyl sites for hydroxylation is 1. The van der Waals surface area contributed by atoms with Crippen LogP contribution in [0.5, 0.6) is 0 Å². The van der Waals surface area contributed by atoms with Crippen molar-refractivity contribution in [2.45, 2.75) is 25.9 Å². The summed E-state index contributed by atoms with van der Waals surface area (Å²) < 4.78 is 9.99. The first kappa shape index (κ1) is 12.2. The summed E-state index contributed by atoms with van der Waals surface area (Å²) >= 11 is 0. The molecule has 0 aromatic carbocycles. The molecular formula is C10H19N3O2. The van der Waals surface area contributed by atoms with E-state index in [0.29, 0.717) is 13.2 Å². The summed E-state index contributed by atoms with van der Waals surface area (Å²) in [7, 11) is 1.68. The lowest BCUT2D eigenvalue weighted by Crippen LogP contribution is -2.34. The third-order valence-corrected chi connectivity index (χ3v) is 2.08. The number of methoxy groups -OCH3 is 1. The monoisotopic (exact) mass is 213 g/mol. The van der Waals surface area contributed by atoms with E-state index >= 15 is 0 Å². The highest BCUT2D eigenvalue weighted by atomic mass is 16.5. The molecule has 0 radical (unpaired) electrons. The molecule has 1 atom stereocenters. The normalized spacial score (nSPS) is 13.0. The van der Waals surface area contributed by atoms with Crippen molar-refractivity contribution in [3.05, 3.63) is 17.5 Å². The molecule has 1 heterocycles. The summed E-state index contributed by atoms with van der Waals surface area (Å²) in [5.41, 5.74) is 6.74. The Morgan fingerprint density at radius 1 is 1.67 bits per heavy atom. The second-order valence-electron chi connectivity index (χ2n) is 3.61. The minimum absolute atomic E-state index is 0.119. The van der Waals surface area contributed by atoms with Gasteiger partial charge in [0.05, 0.1) is 12.2 Å². The van der Waals surface area contributed by atoms with Crippen LogP contribution in [-0.2, 0) is 11.3 Å². The Hall–Kier alpha value is -0.910. The molecule has 1 aromatic heterocycles. The van der Waals surface area contributed by atoms with Crippen LogP contribution < -0.4 is 11.1 Å². The van der Waals surface area contributed by atoms with Gasteiger partial charge in [-0.3, -0.25) is 0 Å². The van der Waals surface area contributed by atoms with Crippen LogP contribution in [0.2, 0.25) is 0 Å². The summed E-state index contributed by atoms with van der Waals surface area (Å²) in [4.78, 5) is 0. The van der Waals surface area contributed by atoms with Crippen LogP contribution in [-0.4, -0.2) is 31.5 Å². The van der Waals surface area contributed by atoms with E-state index in [2.05, 4.69) is 10.5 Å². The van der Waals surface area contributed by atoms with Gasteiger partial charge in [-0.15, -0.1) is 0 Å². The van der Waals surface area contributed by atoms with Gasteiger partial charge >= 0.3 is 0 Å². The average molecular weight is 213 g/mol. The Labute approximate surface area is 90.0 Å². The standard InChI is InChI=1S/C10H19N3O2/c1-8-5-10(15-13-8)7-12-6-9(11)3-4-14-2/h5,9,12H,3-4,6-7,11H2,1-2H3. The van der Waals surface area contributed by atoms with Crippen molar-refractivity contribution in [1.82, 2.24) is 10.5 Å². The third kappa shape index (κ3) is 4.92. The van der Waals surface area contributed by atoms with E-state index in [0.717, 1.165) is 24.4 Å². The lowest BCUT2D eigenvalue weighted by molar-refractivity contribution is 0.187. The van der Waals surface area contributed by atoms with Crippen LogP contribution >= 0.6 is 0 Å². The minimum Gasteiger partial charge on any atom is -0.385 e. The molecule has 86 valence electrons. The van der Waals surface area contributed by atoms with Crippen molar-refractivity contribution in [2.24, 2.45) is 5.73 Å². The lowest BCUT2D eigenvalue weighted by atomic mass is 10.2. The second kappa shape index (κ2) is 6.55.